The van der Waals surface area contributed by atoms with Gasteiger partial charge < -0.3 is 5.32 Å². The average molecular weight is 315 g/mol. The van der Waals surface area contributed by atoms with Crippen LogP contribution in [0, 0.1) is 0 Å². The third-order valence-corrected chi connectivity index (χ3v) is 4.70. The van der Waals surface area contributed by atoms with E-state index in [1.807, 2.05) is 54.8 Å². The molecule has 3 aromatic rings. The highest BCUT2D eigenvalue weighted by Gasteiger charge is 2.20. The first-order valence-corrected chi connectivity index (χ1v) is 8.13. The molecule has 2 aromatic heterocycles. The molecule has 2 heterocycles. The summed E-state index contributed by atoms with van der Waals surface area (Å²) in [4.78, 5) is 13.9. The topological polar surface area (TPSA) is 54.9 Å². The highest BCUT2D eigenvalue weighted by molar-refractivity contribution is 7.14. The van der Waals surface area contributed by atoms with Crippen LogP contribution in [0.1, 0.15) is 28.2 Å². The van der Waals surface area contributed by atoms with E-state index in [-0.39, 0.29) is 11.9 Å². The highest BCUT2D eigenvalue weighted by Crippen LogP contribution is 2.28. The molecular weight excluding hydrogens is 302 g/mol. The Morgan fingerprint density at radius 1 is 1.19 bits per heavy atom. The molecule has 0 aliphatic heterocycles. The van der Waals surface area contributed by atoms with Gasteiger partial charge in [0.05, 0.1) is 10.9 Å². The summed E-state index contributed by atoms with van der Waals surface area (Å²) in [5.41, 5.74) is 1.73. The van der Waals surface area contributed by atoms with Crippen LogP contribution < -0.4 is 5.32 Å². The third kappa shape index (κ3) is 3.01. The summed E-state index contributed by atoms with van der Waals surface area (Å²) in [7, 11) is 0. The molecule has 6 heteroatoms. The quantitative estimate of drug-likeness (QED) is 0.797. The standard InChI is InChI=1S/C15H13N3OS2/c1-10(11-6-3-2-4-7-11)16-15(19)14-13(17-18-21-14)12-8-5-9-20-12/h2-10H,1H3,(H,16,19). The fraction of sp³-hybridized carbons (Fsp3) is 0.133. The van der Waals surface area contributed by atoms with Gasteiger partial charge >= 0.3 is 0 Å². The van der Waals surface area contributed by atoms with Crippen LogP contribution in [-0.4, -0.2) is 15.5 Å². The summed E-state index contributed by atoms with van der Waals surface area (Å²) in [6.07, 6.45) is 0. The predicted molar refractivity (Wildman–Crippen MR) is 85.5 cm³/mol. The molecule has 1 atom stereocenters. The van der Waals surface area contributed by atoms with Crippen LogP contribution in [0.2, 0.25) is 0 Å². The summed E-state index contributed by atoms with van der Waals surface area (Å²) < 4.78 is 3.92. The molecule has 106 valence electrons. The van der Waals surface area contributed by atoms with E-state index in [0.29, 0.717) is 10.6 Å². The maximum absolute atomic E-state index is 12.4. The first kappa shape index (κ1) is 13.9. The molecular formula is C15H13N3OS2. The molecule has 0 radical (unpaired) electrons. The number of benzene rings is 1. The minimum atomic E-state index is -0.134. The second-order valence-corrected chi connectivity index (χ2v) is 6.24. The van der Waals surface area contributed by atoms with Crippen LogP contribution in [0.4, 0.5) is 0 Å². The number of carbonyl (C=O) groups is 1. The SMILES string of the molecule is CC(NC(=O)c1snnc1-c1cccs1)c1ccccc1. The Kier molecular flexibility index (Phi) is 4.08. The molecule has 21 heavy (non-hydrogen) atoms. The van der Waals surface area contributed by atoms with Gasteiger partial charge in [0.2, 0.25) is 0 Å². The van der Waals surface area contributed by atoms with Crippen molar-refractivity contribution in [2.75, 3.05) is 0 Å². The molecule has 0 aliphatic carbocycles. The largest absolute Gasteiger partial charge is 0.345 e. The molecule has 1 amide bonds. The smallest absolute Gasteiger partial charge is 0.265 e. The molecule has 0 spiro atoms. The van der Waals surface area contributed by atoms with Gasteiger partial charge in [-0.3, -0.25) is 4.79 Å². The Morgan fingerprint density at radius 3 is 2.71 bits per heavy atom. The molecule has 0 aliphatic rings. The maximum atomic E-state index is 12.4. The van der Waals surface area contributed by atoms with Crippen molar-refractivity contribution in [1.29, 1.82) is 0 Å². The average Bonchev–Trinajstić information content (AvgIpc) is 3.18. The van der Waals surface area contributed by atoms with Gasteiger partial charge in [-0.1, -0.05) is 40.9 Å². The Morgan fingerprint density at radius 2 is 2.00 bits per heavy atom. The van der Waals surface area contributed by atoms with Gasteiger partial charge in [-0.15, -0.1) is 16.4 Å². The second kappa shape index (κ2) is 6.15. The number of aromatic nitrogens is 2. The molecule has 1 N–H and O–H groups in total. The number of nitrogens with one attached hydrogen (secondary N) is 1. The van der Waals surface area contributed by atoms with E-state index in [2.05, 4.69) is 14.9 Å². The number of rotatable bonds is 4. The fourth-order valence-corrected chi connectivity index (χ4v) is 3.36. The van der Waals surface area contributed by atoms with Crippen molar-refractivity contribution in [1.82, 2.24) is 14.9 Å². The van der Waals surface area contributed by atoms with Crippen molar-refractivity contribution in [2.24, 2.45) is 0 Å². The number of hydrogen-bond donors (Lipinski definition) is 1. The predicted octanol–water partition coefficient (Wildman–Crippen LogP) is 3.76. The number of thiophene rings is 1. The minimum absolute atomic E-state index is 0.0583. The summed E-state index contributed by atoms with van der Waals surface area (Å²) in [5, 5.41) is 9.04. The lowest BCUT2D eigenvalue weighted by Crippen LogP contribution is -2.26. The third-order valence-electron chi connectivity index (χ3n) is 3.10. The Labute approximate surface area is 130 Å². The van der Waals surface area contributed by atoms with E-state index in [0.717, 1.165) is 22.0 Å². The van der Waals surface area contributed by atoms with Crippen molar-refractivity contribution in [3.63, 3.8) is 0 Å². The summed E-state index contributed by atoms with van der Waals surface area (Å²) in [5.74, 6) is -0.134. The number of nitrogens with zero attached hydrogens (tertiary/aromatic N) is 2. The van der Waals surface area contributed by atoms with Gasteiger partial charge in [0.25, 0.3) is 5.91 Å². The van der Waals surface area contributed by atoms with E-state index >= 15 is 0 Å². The minimum Gasteiger partial charge on any atom is -0.345 e. The zero-order valence-electron chi connectivity index (χ0n) is 11.3. The van der Waals surface area contributed by atoms with Crippen LogP contribution >= 0.6 is 22.9 Å². The summed E-state index contributed by atoms with van der Waals surface area (Å²) in [6, 6.07) is 13.7. The Bertz CT molecular complexity index is 722. The van der Waals surface area contributed by atoms with E-state index in [4.69, 9.17) is 0 Å². The Hall–Kier alpha value is -2.05. The maximum Gasteiger partial charge on any atom is 0.265 e. The molecule has 0 saturated carbocycles. The zero-order chi connectivity index (χ0) is 14.7. The van der Waals surface area contributed by atoms with Crippen molar-refractivity contribution in [3.8, 4) is 10.6 Å². The zero-order valence-corrected chi connectivity index (χ0v) is 12.9. The van der Waals surface area contributed by atoms with Crippen molar-refractivity contribution in [3.05, 3.63) is 58.3 Å². The molecule has 0 saturated heterocycles. The summed E-state index contributed by atoms with van der Waals surface area (Å²) in [6.45, 7) is 1.96. The van der Waals surface area contributed by atoms with Gasteiger partial charge in [-0.2, -0.15) is 0 Å². The lowest BCUT2D eigenvalue weighted by molar-refractivity contribution is 0.0944. The van der Waals surface area contributed by atoms with E-state index in [1.54, 1.807) is 11.3 Å². The van der Waals surface area contributed by atoms with Crippen LogP contribution in [0.15, 0.2) is 47.8 Å². The number of hydrogen-bond acceptors (Lipinski definition) is 5. The lowest BCUT2D eigenvalue weighted by Gasteiger charge is -2.13. The summed E-state index contributed by atoms with van der Waals surface area (Å²) >= 11 is 2.68. The molecule has 1 unspecified atom stereocenters. The van der Waals surface area contributed by atoms with Gasteiger partial charge in [0.1, 0.15) is 10.6 Å². The molecule has 4 nitrogen and oxygen atoms in total. The van der Waals surface area contributed by atoms with Crippen molar-refractivity contribution >= 4 is 28.8 Å². The van der Waals surface area contributed by atoms with Gasteiger partial charge in [-0.05, 0) is 35.5 Å². The van der Waals surface area contributed by atoms with Crippen LogP contribution in [0.3, 0.4) is 0 Å². The second-order valence-electron chi connectivity index (χ2n) is 4.53. The fourth-order valence-electron chi connectivity index (χ4n) is 2.00. The molecule has 1 aromatic carbocycles. The van der Waals surface area contributed by atoms with Crippen molar-refractivity contribution < 1.29 is 4.79 Å². The normalized spacial score (nSPS) is 12.0. The van der Waals surface area contributed by atoms with E-state index in [9.17, 15) is 4.79 Å². The van der Waals surface area contributed by atoms with E-state index < -0.39 is 0 Å². The lowest BCUT2D eigenvalue weighted by atomic mass is 10.1. The van der Waals surface area contributed by atoms with Crippen LogP contribution in [0.25, 0.3) is 10.6 Å². The van der Waals surface area contributed by atoms with Crippen molar-refractivity contribution in [2.45, 2.75) is 13.0 Å². The Balaban J connectivity index is 1.79. The molecule has 0 bridgehead atoms. The van der Waals surface area contributed by atoms with Crippen LogP contribution in [-0.2, 0) is 0 Å². The molecule has 3 rings (SSSR count). The number of carbonyl (C=O) groups excluding carboxylic acids is 1. The first-order valence-electron chi connectivity index (χ1n) is 6.47. The van der Waals surface area contributed by atoms with Gasteiger partial charge in [0.15, 0.2) is 0 Å². The van der Waals surface area contributed by atoms with E-state index in [1.165, 1.54) is 0 Å². The van der Waals surface area contributed by atoms with Gasteiger partial charge in [0, 0.05) is 0 Å². The highest BCUT2D eigenvalue weighted by atomic mass is 32.1. The van der Waals surface area contributed by atoms with Crippen LogP contribution in [0.5, 0.6) is 0 Å². The van der Waals surface area contributed by atoms with Gasteiger partial charge in [-0.25, -0.2) is 0 Å². The monoisotopic (exact) mass is 315 g/mol. The first-order chi connectivity index (χ1) is 10.3. The molecule has 0 fully saturated rings. The number of amides is 1.